The second kappa shape index (κ2) is 7.13. The number of oxazole rings is 1. The van der Waals surface area contributed by atoms with E-state index in [0.29, 0.717) is 21.8 Å². The maximum atomic E-state index is 13.2. The van der Waals surface area contributed by atoms with Gasteiger partial charge in [-0.15, -0.1) is 0 Å². The van der Waals surface area contributed by atoms with Crippen molar-refractivity contribution >= 4 is 34.4 Å². The summed E-state index contributed by atoms with van der Waals surface area (Å²) in [7, 11) is 0. The minimum Gasteiger partial charge on any atom is -0.439 e. The van der Waals surface area contributed by atoms with Crippen LogP contribution in [0.4, 0.5) is 19.3 Å². The van der Waals surface area contributed by atoms with E-state index in [-0.39, 0.29) is 18.5 Å². The second-order valence-electron chi connectivity index (χ2n) is 7.40. The zero-order valence-electron chi connectivity index (χ0n) is 15.1. The van der Waals surface area contributed by atoms with Crippen LogP contribution in [-0.4, -0.2) is 35.2 Å². The molecule has 1 spiro atoms. The standard InChI is InChI=1S/C18H21ClF2N4O3/c19-10-6-11-15(28-12(23-11)7-22-8-18(20,21)9-26)13-14(10)24-16(27)25-17(13)4-2-1-3-5-17/h6,22,26H,1-5,7-9H2,(H2,24,25,27). The Morgan fingerprint density at radius 2 is 2.11 bits per heavy atom. The molecule has 0 atom stereocenters. The van der Waals surface area contributed by atoms with Gasteiger partial charge in [-0.1, -0.05) is 30.9 Å². The molecule has 0 unspecified atom stereocenters. The first-order valence-corrected chi connectivity index (χ1v) is 9.62. The van der Waals surface area contributed by atoms with Crippen molar-refractivity contribution in [2.45, 2.75) is 50.1 Å². The molecular formula is C18H21ClF2N4O3. The Bertz CT molecular complexity index is 912. The molecule has 1 aliphatic heterocycles. The van der Waals surface area contributed by atoms with Crippen molar-refractivity contribution in [2.24, 2.45) is 0 Å². The molecule has 2 aliphatic rings. The number of aliphatic hydroxyl groups is 1. The molecule has 152 valence electrons. The van der Waals surface area contributed by atoms with Crippen LogP contribution in [0, 0.1) is 0 Å². The van der Waals surface area contributed by atoms with Gasteiger partial charge >= 0.3 is 6.03 Å². The highest BCUT2D eigenvalue weighted by molar-refractivity contribution is 6.35. The Labute approximate surface area is 164 Å². The van der Waals surface area contributed by atoms with E-state index in [9.17, 15) is 13.6 Å². The molecule has 1 saturated carbocycles. The summed E-state index contributed by atoms with van der Waals surface area (Å²) in [5.41, 5.74) is 1.72. The summed E-state index contributed by atoms with van der Waals surface area (Å²) < 4.78 is 32.3. The Balaban J connectivity index is 1.72. The number of fused-ring (bicyclic) bond motifs is 4. The number of aliphatic hydroxyl groups excluding tert-OH is 1. The third kappa shape index (κ3) is 3.42. The van der Waals surface area contributed by atoms with E-state index in [4.69, 9.17) is 21.1 Å². The molecule has 1 aliphatic carbocycles. The summed E-state index contributed by atoms with van der Waals surface area (Å²) in [5.74, 6) is -2.98. The molecule has 4 rings (SSSR count). The molecule has 0 bridgehead atoms. The van der Waals surface area contributed by atoms with Crippen LogP contribution >= 0.6 is 11.6 Å². The maximum absolute atomic E-state index is 13.2. The second-order valence-corrected chi connectivity index (χ2v) is 7.81. The van der Waals surface area contributed by atoms with E-state index in [1.165, 1.54) is 0 Å². The van der Waals surface area contributed by atoms with Gasteiger partial charge in [0.2, 0.25) is 5.89 Å². The lowest BCUT2D eigenvalue weighted by Crippen LogP contribution is -2.52. The van der Waals surface area contributed by atoms with Crippen LogP contribution in [0.1, 0.15) is 43.6 Å². The van der Waals surface area contributed by atoms with E-state index in [1.807, 2.05) is 0 Å². The van der Waals surface area contributed by atoms with Crippen LogP contribution in [0.2, 0.25) is 5.02 Å². The number of benzene rings is 1. The zero-order chi connectivity index (χ0) is 19.9. The predicted octanol–water partition coefficient (Wildman–Crippen LogP) is 3.49. The van der Waals surface area contributed by atoms with Crippen LogP contribution in [0.15, 0.2) is 10.5 Å². The summed E-state index contributed by atoms with van der Waals surface area (Å²) in [6, 6.07) is 1.30. The van der Waals surface area contributed by atoms with Crippen molar-refractivity contribution in [3.8, 4) is 0 Å². The predicted molar refractivity (Wildman–Crippen MR) is 99.7 cm³/mol. The molecule has 7 nitrogen and oxygen atoms in total. The molecule has 4 N–H and O–H groups in total. The van der Waals surface area contributed by atoms with Gasteiger partial charge in [-0.25, -0.2) is 18.6 Å². The third-order valence-corrected chi connectivity index (χ3v) is 5.64. The molecule has 2 amide bonds. The number of carbonyl (C=O) groups is 1. The number of amides is 2. The number of nitrogens with zero attached hydrogens (tertiary/aromatic N) is 1. The van der Waals surface area contributed by atoms with Crippen molar-refractivity contribution in [1.29, 1.82) is 0 Å². The van der Waals surface area contributed by atoms with Gasteiger partial charge in [0.05, 0.1) is 29.3 Å². The van der Waals surface area contributed by atoms with Crippen molar-refractivity contribution in [1.82, 2.24) is 15.6 Å². The fourth-order valence-corrected chi connectivity index (χ4v) is 4.34. The molecule has 2 aromatic rings. The van der Waals surface area contributed by atoms with Gasteiger partial charge < -0.3 is 25.5 Å². The van der Waals surface area contributed by atoms with Gasteiger partial charge in [-0.2, -0.15) is 0 Å². The smallest absolute Gasteiger partial charge is 0.319 e. The minimum atomic E-state index is -3.21. The lowest BCUT2D eigenvalue weighted by molar-refractivity contribution is -0.0480. The number of rotatable bonds is 5. The van der Waals surface area contributed by atoms with Gasteiger partial charge in [0.25, 0.3) is 5.92 Å². The van der Waals surface area contributed by atoms with Gasteiger partial charge in [0, 0.05) is 5.56 Å². The van der Waals surface area contributed by atoms with Crippen LogP contribution < -0.4 is 16.0 Å². The number of halogens is 3. The van der Waals surface area contributed by atoms with Crippen molar-refractivity contribution in [3.63, 3.8) is 0 Å². The molecule has 1 aromatic heterocycles. The molecule has 28 heavy (non-hydrogen) atoms. The highest BCUT2D eigenvalue weighted by Gasteiger charge is 2.44. The number of nitrogens with one attached hydrogen (secondary N) is 3. The Hall–Kier alpha value is -1.97. The van der Waals surface area contributed by atoms with Crippen molar-refractivity contribution in [3.05, 3.63) is 22.5 Å². The van der Waals surface area contributed by atoms with Crippen LogP contribution in [0.3, 0.4) is 0 Å². The number of hydrogen-bond donors (Lipinski definition) is 4. The largest absolute Gasteiger partial charge is 0.439 e. The minimum absolute atomic E-state index is 0.0244. The summed E-state index contributed by atoms with van der Waals surface area (Å²) in [4.78, 5) is 16.6. The van der Waals surface area contributed by atoms with Crippen LogP contribution in [-0.2, 0) is 12.1 Å². The summed E-state index contributed by atoms with van der Waals surface area (Å²) in [5, 5.41) is 17.4. The highest BCUT2D eigenvalue weighted by atomic mass is 35.5. The maximum Gasteiger partial charge on any atom is 0.319 e. The summed E-state index contributed by atoms with van der Waals surface area (Å²) in [6.45, 7) is -1.95. The van der Waals surface area contributed by atoms with Gasteiger partial charge in [-0.05, 0) is 18.9 Å². The number of hydrogen-bond acceptors (Lipinski definition) is 5. The van der Waals surface area contributed by atoms with Gasteiger partial charge in [-0.3, -0.25) is 0 Å². The first kappa shape index (κ1) is 19.4. The number of anilines is 1. The average molecular weight is 415 g/mol. The van der Waals surface area contributed by atoms with E-state index in [2.05, 4.69) is 20.9 Å². The topological polar surface area (TPSA) is 99.4 Å². The number of alkyl halides is 2. The Morgan fingerprint density at radius 1 is 1.36 bits per heavy atom. The quantitative estimate of drug-likeness (QED) is 0.600. The first-order valence-electron chi connectivity index (χ1n) is 9.24. The molecule has 0 saturated heterocycles. The molecule has 1 aromatic carbocycles. The lowest BCUT2D eigenvalue weighted by Gasteiger charge is -2.42. The number of urea groups is 1. The third-order valence-electron chi connectivity index (χ3n) is 5.35. The average Bonchev–Trinajstić information content (AvgIpc) is 3.04. The van der Waals surface area contributed by atoms with Crippen molar-refractivity contribution < 1.29 is 23.1 Å². The van der Waals surface area contributed by atoms with E-state index in [0.717, 1.165) is 37.7 Å². The van der Waals surface area contributed by atoms with E-state index < -0.39 is 24.6 Å². The van der Waals surface area contributed by atoms with E-state index in [1.54, 1.807) is 6.07 Å². The Kier molecular flexibility index (Phi) is 4.93. The van der Waals surface area contributed by atoms with E-state index >= 15 is 0 Å². The molecule has 0 radical (unpaired) electrons. The highest BCUT2D eigenvalue weighted by Crippen LogP contribution is 2.48. The molecule has 1 fully saturated rings. The first-order chi connectivity index (χ1) is 13.3. The van der Waals surface area contributed by atoms with Gasteiger partial charge in [0.1, 0.15) is 12.1 Å². The fraction of sp³-hybridized carbons (Fsp3) is 0.556. The van der Waals surface area contributed by atoms with Crippen LogP contribution in [0.5, 0.6) is 0 Å². The SMILES string of the molecule is O=C1Nc2c(Cl)cc3nc(CNCC(F)(F)CO)oc3c2C2(CCCCC2)N1. The lowest BCUT2D eigenvalue weighted by atomic mass is 9.74. The zero-order valence-corrected chi connectivity index (χ0v) is 15.8. The van der Waals surface area contributed by atoms with Gasteiger partial charge in [0.15, 0.2) is 5.58 Å². The molecular weight excluding hydrogens is 394 g/mol. The number of carbonyl (C=O) groups excluding carboxylic acids is 1. The molecule has 10 heteroatoms. The number of aromatic nitrogens is 1. The monoisotopic (exact) mass is 414 g/mol. The summed E-state index contributed by atoms with van der Waals surface area (Å²) in [6.07, 6.45) is 4.55. The molecule has 2 heterocycles. The van der Waals surface area contributed by atoms with Crippen LogP contribution in [0.25, 0.3) is 11.1 Å². The fourth-order valence-electron chi connectivity index (χ4n) is 4.10. The normalized spacial score (nSPS) is 18.8. The van der Waals surface area contributed by atoms with Crippen molar-refractivity contribution in [2.75, 3.05) is 18.5 Å². The summed E-state index contributed by atoms with van der Waals surface area (Å²) >= 11 is 6.41. The Morgan fingerprint density at radius 3 is 2.82 bits per heavy atom.